The molecule has 10 heteroatoms. The van der Waals surface area contributed by atoms with E-state index < -0.39 is 11.8 Å². The van der Waals surface area contributed by atoms with Crippen molar-refractivity contribution in [2.45, 2.75) is 26.7 Å². The van der Waals surface area contributed by atoms with Gasteiger partial charge in [-0.15, -0.1) is 5.10 Å². The molecule has 39 heavy (non-hydrogen) atoms. The molecule has 0 fully saturated rings. The fraction of sp³-hybridized carbons (Fsp3) is 0.276. The van der Waals surface area contributed by atoms with Crippen LogP contribution in [0.4, 0.5) is 4.39 Å². The number of halogens is 1. The maximum Gasteiger partial charge on any atom is 0.339 e. The minimum absolute atomic E-state index is 0.000400. The first-order valence-corrected chi connectivity index (χ1v) is 12.6. The van der Waals surface area contributed by atoms with Gasteiger partial charge >= 0.3 is 5.97 Å². The van der Waals surface area contributed by atoms with Crippen LogP contribution in [0.25, 0.3) is 22.4 Å². The van der Waals surface area contributed by atoms with E-state index in [1.54, 1.807) is 66.1 Å². The van der Waals surface area contributed by atoms with Crippen molar-refractivity contribution in [2.75, 3.05) is 13.6 Å². The Morgan fingerprint density at radius 1 is 1.15 bits per heavy atom. The molecule has 200 valence electrons. The number of carbonyl (C=O) groups is 2. The maximum absolute atomic E-state index is 15.7. The fourth-order valence-corrected chi connectivity index (χ4v) is 5.04. The van der Waals surface area contributed by atoms with E-state index in [9.17, 15) is 14.7 Å². The van der Waals surface area contributed by atoms with Gasteiger partial charge in [0.15, 0.2) is 0 Å². The van der Waals surface area contributed by atoms with Crippen LogP contribution in [0.5, 0.6) is 0 Å². The van der Waals surface area contributed by atoms with Crippen molar-refractivity contribution < 1.29 is 19.1 Å². The van der Waals surface area contributed by atoms with E-state index in [4.69, 9.17) is 0 Å². The molecule has 4 aromatic rings. The van der Waals surface area contributed by atoms with Crippen molar-refractivity contribution in [2.24, 2.45) is 13.0 Å². The van der Waals surface area contributed by atoms with Crippen LogP contribution in [0, 0.1) is 11.7 Å². The molecule has 2 aromatic carbocycles. The molecular weight excluding hydrogens is 499 g/mol. The largest absolute Gasteiger partial charge is 0.478 e. The lowest BCUT2D eigenvalue weighted by Crippen LogP contribution is -2.31. The summed E-state index contributed by atoms with van der Waals surface area (Å²) in [7, 11) is 3.44. The van der Waals surface area contributed by atoms with Crippen LogP contribution in [0.1, 0.15) is 58.8 Å². The van der Waals surface area contributed by atoms with E-state index in [0.29, 0.717) is 23.5 Å². The molecule has 0 bridgehead atoms. The molecule has 0 radical (unpaired) electrons. The third kappa shape index (κ3) is 4.73. The number of allylic oxidation sites excluding steroid dienone is 2. The van der Waals surface area contributed by atoms with Gasteiger partial charge in [-0.1, -0.05) is 48.9 Å². The number of nitrogens with zero attached hydrogens (tertiary/aromatic N) is 6. The first-order chi connectivity index (χ1) is 18.6. The topological polar surface area (TPSA) is 106 Å². The molecule has 1 aliphatic carbocycles. The molecule has 0 saturated carbocycles. The predicted octanol–water partition coefficient (Wildman–Crippen LogP) is 4.80. The highest BCUT2D eigenvalue weighted by atomic mass is 19.1. The number of hydrogen-bond donors (Lipinski definition) is 1. The minimum atomic E-state index is -1.10. The summed E-state index contributed by atoms with van der Waals surface area (Å²) in [4.78, 5) is 26.6. The number of carbonyl (C=O) groups excluding carboxylic acids is 1. The first-order valence-electron chi connectivity index (χ1n) is 12.6. The smallest absolute Gasteiger partial charge is 0.339 e. The Labute approximate surface area is 225 Å². The molecular formula is C29H29FN6O3. The number of aromatic nitrogens is 5. The summed E-state index contributed by atoms with van der Waals surface area (Å²) < 4.78 is 18.9. The number of aromatic carboxylic acids is 1. The van der Waals surface area contributed by atoms with Crippen LogP contribution >= 0.6 is 0 Å². The summed E-state index contributed by atoms with van der Waals surface area (Å²) in [5, 5.41) is 22.5. The molecule has 1 atom stereocenters. The van der Waals surface area contributed by atoms with Crippen LogP contribution in [-0.2, 0) is 7.05 Å². The lowest BCUT2D eigenvalue weighted by atomic mass is 10.0. The van der Waals surface area contributed by atoms with Crippen molar-refractivity contribution in [3.8, 4) is 16.8 Å². The second kappa shape index (κ2) is 9.94. The van der Waals surface area contributed by atoms with Gasteiger partial charge in [-0.3, -0.25) is 9.48 Å². The van der Waals surface area contributed by atoms with Gasteiger partial charge in [-0.2, -0.15) is 5.10 Å². The van der Waals surface area contributed by atoms with Gasteiger partial charge < -0.3 is 10.0 Å². The second-order valence-corrected chi connectivity index (χ2v) is 10.3. The summed E-state index contributed by atoms with van der Waals surface area (Å²) in [6, 6.07) is 11.8. The molecule has 0 unspecified atom stereocenters. The first kappa shape index (κ1) is 26.0. The second-order valence-electron chi connectivity index (χ2n) is 10.3. The molecule has 1 N–H and O–H groups in total. The summed E-state index contributed by atoms with van der Waals surface area (Å²) >= 11 is 0. The van der Waals surface area contributed by atoms with Gasteiger partial charge in [-0.25, -0.2) is 13.9 Å². The van der Waals surface area contributed by atoms with E-state index in [-0.39, 0.29) is 34.4 Å². The van der Waals surface area contributed by atoms with E-state index in [2.05, 4.69) is 15.4 Å². The Kier molecular flexibility index (Phi) is 6.63. The average molecular weight is 529 g/mol. The molecule has 0 spiro atoms. The number of carboxylic acids is 1. The van der Waals surface area contributed by atoms with Crippen molar-refractivity contribution in [3.05, 3.63) is 88.8 Å². The number of amides is 1. The molecule has 2 heterocycles. The zero-order valence-electron chi connectivity index (χ0n) is 22.4. The van der Waals surface area contributed by atoms with Gasteiger partial charge in [0.05, 0.1) is 34.8 Å². The minimum Gasteiger partial charge on any atom is -0.478 e. The zero-order chi connectivity index (χ0) is 28.0. The van der Waals surface area contributed by atoms with E-state index >= 15 is 4.39 Å². The quantitative estimate of drug-likeness (QED) is 0.352. The molecule has 1 aliphatic rings. The van der Waals surface area contributed by atoms with E-state index in [1.807, 2.05) is 20.8 Å². The number of hydrogen-bond acceptors (Lipinski definition) is 5. The van der Waals surface area contributed by atoms with Gasteiger partial charge in [0.1, 0.15) is 11.4 Å². The number of rotatable bonds is 8. The van der Waals surface area contributed by atoms with Gasteiger partial charge in [0, 0.05) is 32.4 Å². The molecule has 1 amide bonds. The summed E-state index contributed by atoms with van der Waals surface area (Å²) in [5.74, 6) is -1.99. The van der Waals surface area contributed by atoms with Crippen LogP contribution < -0.4 is 0 Å². The Hall–Kier alpha value is -4.60. The maximum atomic E-state index is 15.7. The highest BCUT2D eigenvalue weighted by Gasteiger charge is 2.42. The fourth-order valence-electron chi connectivity index (χ4n) is 5.04. The molecule has 0 aliphatic heterocycles. The van der Waals surface area contributed by atoms with Crippen LogP contribution in [0.3, 0.4) is 0 Å². The van der Waals surface area contributed by atoms with Gasteiger partial charge in [-0.05, 0) is 42.2 Å². The monoisotopic (exact) mass is 528 g/mol. The SMILES string of the molecule is CC1=C(c2c(C(=O)O)cnn2-c2cccc(-c3cccc(C(=O)N(C)CC(C)C)c3F)c2)[C@@H]1c1cn(C)nn1. The summed E-state index contributed by atoms with van der Waals surface area (Å²) in [6.45, 7) is 6.44. The average Bonchev–Trinajstić information content (AvgIpc) is 3.21. The number of benzene rings is 2. The lowest BCUT2D eigenvalue weighted by Gasteiger charge is -2.20. The predicted molar refractivity (Wildman–Crippen MR) is 144 cm³/mol. The van der Waals surface area contributed by atoms with E-state index in [1.165, 1.54) is 17.2 Å². The lowest BCUT2D eigenvalue weighted by molar-refractivity contribution is 0.0695. The molecule has 9 nitrogen and oxygen atoms in total. The standard InChI is InChI=1S/C29H29FN6O3/c1-16(2)14-34(4)28(37)21-11-7-10-20(26(21)30)18-8-6-9-19(12-18)36-27(22(13-31-36)29(38)39)25-17(3)24(25)23-15-35(5)33-32-23/h6-13,15-16,24H,14H2,1-5H3,(H,38,39)/t24-/m0/s1. The van der Waals surface area contributed by atoms with E-state index in [0.717, 1.165) is 16.8 Å². The summed E-state index contributed by atoms with van der Waals surface area (Å²) in [6.07, 6.45) is 3.12. The van der Waals surface area contributed by atoms with Crippen molar-refractivity contribution in [1.82, 2.24) is 29.7 Å². The Bertz CT molecular complexity index is 1630. The molecule has 5 rings (SSSR count). The van der Waals surface area contributed by atoms with Crippen molar-refractivity contribution in [1.29, 1.82) is 0 Å². The van der Waals surface area contributed by atoms with Crippen LogP contribution in [-0.4, -0.2) is 60.2 Å². The van der Waals surface area contributed by atoms with Crippen LogP contribution in [0.2, 0.25) is 0 Å². The zero-order valence-corrected chi connectivity index (χ0v) is 22.4. The Morgan fingerprint density at radius 3 is 2.56 bits per heavy atom. The third-order valence-electron chi connectivity index (χ3n) is 6.85. The number of aryl methyl sites for hydroxylation is 1. The van der Waals surface area contributed by atoms with Gasteiger partial charge in [0.25, 0.3) is 5.91 Å². The summed E-state index contributed by atoms with van der Waals surface area (Å²) in [5.41, 5.74) is 4.42. The third-order valence-corrected chi connectivity index (χ3v) is 6.85. The Morgan fingerprint density at radius 2 is 1.90 bits per heavy atom. The van der Waals surface area contributed by atoms with Gasteiger partial charge in [0.2, 0.25) is 0 Å². The van der Waals surface area contributed by atoms with Crippen molar-refractivity contribution >= 4 is 17.4 Å². The highest BCUT2D eigenvalue weighted by molar-refractivity contribution is 6.00. The normalized spacial score (nSPS) is 14.7. The Balaban J connectivity index is 1.54. The number of carboxylic acid groups (broad SMARTS) is 1. The van der Waals surface area contributed by atoms with Crippen molar-refractivity contribution in [3.63, 3.8) is 0 Å². The van der Waals surface area contributed by atoms with Crippen LogP contribution in [0.15, 0.2) is 60.4 Å². The highest BCUT2D eigenvalue weighted by Crippen LogP contribution is 2.54. The molecule has 2 aromatic heterocycles. The molecule has 0 saturated heterocycles.